The van der Waals surface area contributed by atoms with Crippen molar-refractivity contribution in [2.45, 2.75) is 10.9 Å². The van der Waals surface area contributed by atoms with Crippen LogP contribution in [0.25, 0.3) is 10.9 Å². The number of para-hydroxylation sites is 1. The van der Waals surface area contributed by atoms with Gasteiger partial charge in [-0.1, -0.05) is 59.8 Å². The van der Waals surface area contributed by atoms with E-state index in [0.717, 1.165) is 27.1 Å². The van der Waals surface area contributed by atoms with Gasteiger partial charge in [-0.2, -0.15) is 5.26 Å². The number of nitriles is 1. The molecule has 0 fully saturated rings. The molecule has 2 N–H and O–H groups in total. The fourth-order valence-electron chi connectivity index (χ4n) is 3.39. The second-order valence-electron chi connectivity index (χ2n) is 5.74. The fourth-order valence-corrected chi connectivity index (χ4v) is 4.69. The van der Waals surface area contributed by atoms with Crippen LogP contribution in [0.2, 0.25) is 5.02 Å². The maximum atomic E-state index is 9.74. The van der Waals surface area contributed by atoms with E-state index < -0.39 is 0 Å². The highest BCUT2D eigenvalue weighted by Crippen LogP contribution is 2.50. The number of rotatable bonds is 1. The molecule has 5 heteroatoms. The van der Waals surface area contributed by atoms with E-state index in [1.807, 2.05) is 43.4 Å². The van der Waals surface area contributed by atoms with E-state index in [1.165, 1.54) is 11.8 Å². The molecule has 2 aromatic carbocycles. The fraction of sp³-hybridized carbons (Fsp3) is 0.105. The summed E-state index contributed by atoms with van der Waals surface area (Å²) < 4.78 is 2.14. The standard InChI is InChI=1S/C19H14ClN3S/c1-23-15-9-5-3-7-12(15)17-16(11-6-2-4-8-14(11)20)13(10-21)18(22)24-19(17)23/h2-9,16H,22H2,1H3/t16-/m0/s1. The van der Waals surface area contributed by atoms with Crippen LogP contribution in [-0.4, -0.2) is 4.57 Å². The lowest BCUT2D eigenvalue weighted by Gasteiger charge is -2.25. The van der Waals surface area contributed by atoms with E-state index in [0.29, 0.717) is 15.6 Å². The van der Waals surface area contributed by atoms with Gasteiger partial charge in [0.25, 0.3) is 0 Å². The van der Waals surface area contributed by atoms with Gasteiger partial charge in [0.15, 0.2) is 0 Å². The minimum absolute atomic E-state index is 0.244. The Morgan fingerprint density at radius 1 is 1.17 bits per heavy atom. The van der Waals surface area contributed by atoms with Crippen molar-refractivity contribution >= 4 is 34.3 Å². The number of benzene rings is 2. The number of nitrogens with two attached hydrogens (primary N) is 1. The van der Waals surface area contributed by atoms with Gasteiger partial charge in [0.1, 0.15) is 0 Å². The Bertz CT molecular complexity index is 1040. The summed E-state index contributed by atoms with van der Waals surface area (Å²) >= 11 is 7.92. The minimum atomic E-state index is -0.244. The molecule has 1 aliphatic heterocycles. The molecular weight excluding hydrogens is 338 g/mol. The highest BCUT2D eigenvalue weighted by atomic mass is 35.5. The number of aryl methyl sites for hydroxylation is 1. The maximum Gasteiger partial charge on any atom is 0.0984 e. The second kappa shape index (κ2) is 5.62. The average molecular weight is 352 g/mol. The normalized spacial score (nSPS) is 17.0. The molecule has 24 heavy (non-hydrogen) atoms. The number of fused-ring (bicyclic) bond motifs is 3. The first-order valence-corrected chi connectivity index (χ1v) is 8.72. The molecule has 3 nitrogen and oxygen atoms in total. The van der Waals surface area contributed by atoms with Crippen LogP contribution in [0.15, 0.2) is 64.2 Å². The van der Waals surface area contributed by atoms with Gasteiger partial charge in [-0.3, -0.25) is 0 Å². The van der Waals surface area contributed by atoms with E-state index in [2.05, 4.69) is 22.8 Å². The molecule has 0 radical (unpaired) electrons. The third-order valence-corrected chi connectivity index (χ3v) is 5.95. The molecule has 118 valence electrons. The molecule has 0 unspecified atom stereocenters. The van der Waals surface area contributed by atoms with E-state index in [9.17, 15) is 5.26 Å². The topological polar surface area (TPSA) is 54.7 Å². The number of allylic oxidation sites excluding steroid dienone is 1. The lowest BCUT2D eigenvalue weighted by atomic mass is 9.85. The minimum Gasteiger partial charge on any atom is -0.392 e. The van der Waals surface area contributed by atoms with Gasteiger partial charge in [-0.05, 0) is 17.7 Å². The number of hydrogen-bond acceptors (Lipinski definition) is 3. The predicted molar refractivity (Wildman–Crippen MR) is 98.9 cm³/mol. The summed E-state index contributed by atoms with van der Waals surface area (Å²) in [4.78, 5) is 0. The first-order chi connectivity index (χ1) is 11.6. The van der Waals surface area contributed by atoms with Crippen molar-refractivity contribution in [1.82, 2.24) is 4.57 Å². The van der Waals surface area contributed by atoms with Crippen LogP contribution < -0.4 is 5.73 Å². The van der Waals surface area contributed by atoms with E-state index in [4.69, 9.17) is 17.3 Å². The Hall–Kier alpha value is -2.35. The van der Waals surface area contributed by atoms with Gasteiger partial charge < -0.3 is 10.3 Å². The molecular formula is C19H14ClN3S. The first-order valence-electron chi connectivity index (χ1n) is 7.52. The van der Waals surface area contributed by atoms with Crippen LogP contribution in [0.1, 0.15) is 17.0 Å². The summed E-state index contributed by atoms with van der Waals surface area (Å²) in [5, 5.41) is 13.1. The Balaban J connectivity index is 2.11. The van der Waals surface area contributed by atoms with Crippen LogP contribution in [-0.2, 0) is 7.05 Å². The third-order valence-electron chi connectivity index (χ3n) is 4.48. The Kier molecular flexibility index (Phi) is 3.56. The van der Waals surface area contributed by atoms with Crippen molar-refractivity contribution in [3.63, 3.8) is 0 Å². The van der Waals surface area contributed by atoms with Gasteiger partial charge >= 0.3 is 0 Å². The summed E-state index contributed by atoms with van der Waals surface area (Å²) in [6, 6.07) is 18.2. The molecule has 1 aliphatic rings. The number of aromatic nitrogens is 1. The van der Waals surface area contributed by atoms with Gasteiger partial charge in [0.2, 0.25) is 0 Å². The molecule has 0 amide bonds. The van der Waals surface area contributed by atoms with Crippen molar-refractivity contribution in [3.05, 3.63) is 75.3 Å². The molecule has 0 aliphatic carbocycles. The predicted octanol–water partition coefficient (Wildman–Crippen LogP) is 4.76. The molecule has 2 heterocycles. The summed E-state index contributed by atoms with van der Waals surface area (Å²) in [6.45, 7) is 0. The largest absolute Gasteiger partial charge is 0.392 e. The quantitative estimate of drug-likeness (QED) is 0.687. The maximum absolute atomic E-state index is 9.74. The molecule has 0 spiro atoms. The molecule has 4 rings (SSSR count). The zero-order chi connectivity index (χ0) is 16.8. The number of thioether (sulfide) groups is 1. The van der Waals surface area contributed by atoms with Gasteiger partial charge in [0.05, 0.1) is 27.6 Å². The second-order valence-corrected chi connectivity index (χ2v) is 7.18. The summed E-state index contributed by atoms with van der Waals surface area (Å²) in [5.41, 5.74) is 9.95. The summed E-state index contributed by atoms with van der Waals surface area (Å²) in [6.07, 6.45) is 0. The first kappa shape index (κ1) is 15.2. The van der Waals surface area contributed by atoms with Crippen LogP contribution in [0.5, 0.6) is 0 Å². The number of nitrogens with zero attached hydrogens (tertiary/aromatic N) is 2. The smallest absolute Gasteiger partial charge is 0.0984 e. The lowest BCUT2D eigenvalue weighted by molar-refractivity contribution is 0.813. The Morgan fingerprint density at radius 2 is 1.88 bits per heavy atom. The summed E-state index contributed by atoms with van der Waals surface area (Å²) in [5.74, 6) is -0.244. The lowest BCUT2D eigenvalue weighted by Crippen LogP contribution is -2.15. The van der Waals surface area contributed by atoms with Gasteiger partial charge in [0, 0.05) is 28.5 Å². The SMILES string of the molecule is Cn1c2c(c3ccccc31)[C@@H](c1ccccc1Cl)C(C#N)=C(N)S2. The van der Waals surface area contributed by atoms with Crippen LogP contribution >= 0.6 is 23.4 Å². The number of hydrogen-bond donors (Lipinski definition) is 1. The van der Waals surface area contributed by atoms with E-state index in [-0.39, 0.29) is 5.92 Å². The Morgan fingerprint density at radius 3 is 2.62 bits per heavy atom. The Labute approximate surface area is 149 Å². The van der Waals surface area contributed by atoms with Crippen LogP contribution in [0, 0.1) is 11.3 Å². The van der Waals surface area contributed by atoms with E-state index >= 15 is 0 Å². The van der Waals surface area contributed by atoms with E-state index in [1.54, 1.807) is 0 Å². The molecule has 1 aromatic heterocycles. The van der Waals surface area contributed by atoms with Crippen molar-refractivity contribution in [2.75, 3.05) is 0 Å². The molecule has 3 aromatic rings. The van der Waals surface area contributed by atoms with Crippen LogP contribution in [0.4, 0.5) is 0 Å². The summed E-state index contributed by atoms with van der Waals surface area (Å²) in [7, 11) is 2.03. The van der Waals surface area contributed by atoms with Crippen LogP contribution in [0.3, 0.4) is 0 Å². The molecule has 0 bridgehead atoms. The van der Waals surface area contributed by atoms with Crippen molar-refractivity contribution in [1.29, 1.82) is 5.26 Å². The molecule has 1 atom stereocenters. The van der Waals surface area contributed by atoms with Gasteiger partial charge in [-0.15, -0.1) is 0 Å². The highest BCUT2D eigenvalue weighted by Gasteiger charge is 2.34. The van der Waals surface area contributed by atoms with Crippen molar-refractivity contribution in [2.24, 2.45) is 12.8 Å². The van der Waals surface area contributed by atoms with Gasteiger partial charge in [-0.25, -0.2) is 0 Å². The third kappa shape index (κ3) is 2.06. The molecule has 0 saturated carbocycles. The average Bonchev–Trinajstić information content (AvgIpc) is 2.87. The molecule has 0 saturated heterocycles. The zero-order valence-electron chi connectivity index (χ0n) is 13.0. The highest BCUT2D eigenvalue weighted by molar-refractivity contribution is 8.03. The number of halogens is 1. The van der Waals surface area contributed by atoms with Crippen molar-refractivity contribution in [3.8, 4) is 6.07 Å². The zero-order valence-corrected chi connectivity index (χ0v) is 14.5. The van der Waals surface area contributed by atoms with Crippen molar-refractivity contribution < 1.29 is 0 Å². The monoisotopic (exact) mass is 351 g/mol.